The Morgan fingerprint density at radius 3 is 2.52 bits per heavy atom. The molecule has 0 radical (unpaired) electrons. The fourth-order valence-corrected chi connectivity index (χ4v) is 4.66. The first-order valence-corrected chi connectivity index (χ1v) is 10.5. The van der Waals surface area contributed by atoms with E-state index in [0.29, 0.717) is 5.92 Å². The Kier molecular flexibility index (Phi) is 4.69. The molecule has 1 aliphatic rings. The smallest absolute Gasteiger partial charge is 0.104 e. The summed E-state index contributed by atoms with van der Waals surface area (Å²) in [5, 5.41) is 16.8. The van der Waals surface area contributed by atoms with Crippen LogP contribution in [0.2, 0.25) is 0 Å². The van der Waals surface area contributed by atoms with Crippen molar-refractivity contribution in [3.05, 3.63) is 95.2 Å². The molecule has 1 fully saturated rings. The molecule has 1 unspecified atom stereocenters. The van der Waals surface area contributed by atoms with Crippen molar-refractivity contribution in [2.75, 3.05) is 0 Å². The predicted molar refractivity (Wildman–Crippen MR) is 118 cm³/mol. The largest absolute Gasteiger partial charge is 0.384 e. The van der Waals surface area contributed by atoms with E-state index in [0.717, 1.165) is 27.7 Å². The highest BCUT2D eigenvalue weighted by Gasteiger charge is 2.23. The third-order valence-electron chi connectivity index (χ3n) is 6.27. The number of nitrogens with zero attached hydrogens (tertiary/aromatic N) is 2. The second kappa shape index (κ2) is 7.49. The summed E-state index contributed by atoms with van der Waals surface area (Å²) in [6, 6.07) is 22.9. The fourth-order valence-electron chi connectivity index (χ4n) is 4.66. The van der Waals surface area contributed by atoms with Gasteiger partial charge in [0.15, 0.2) is 0 Å². The second-order valence-corrected chi connectivity index (χ2v) is 8.22. The van der Waals surface area contributed by atoms with Crippen LogP contribution in [0.1, 0.15) is 60.0 Å². The van der Waals surface area contributed by atoms with Gasteiger partial charge in [0.2, 0.25) is 0 Å². The third-order valence-corrected chi connectivity index (χ3v) is 6.27. The minimum Gasteiger partial charge on any atom is -0.384 e. The van der Waals surface area contributed by atoms with E-state index in [2.05, 4.69) is 66.6 Å². The van der Waals surface area contributed by atoms with Crippen molar-refractivity contribution in [1.29, 1.82) is 0 Å². The monoisotopic (exact) mass is 382 g/mol. The molecule has 1 N–H and O–H groups in total. The minimum absolute atomic E-state index is 0.578. The molecule has 146 valence electrons. The number of aryl methyl sites for hydroxylation is 1. The third kappa shape index (κ3) is 3.36. The Labute approximate surface area is 171 Å². The summed E-state index contributed by atoms with van der Waals surface area (Å²) < 4.78 is 1.96. The fraction of sp³-hybridized carbons (Fsp3) is 0.269. The highest BCUT2D eigenvalue weighted by molar-refractivity contribution is 5.81. The van der Waals surface area contributed by atoms with E-state index in [1.807, 2.05) is 23.0 Å². The lowest BCUT2D eigenvalue weighted by Crippen LogP contribution is -2.06. The van der Waals surface area contributed by atoms with Crippen molar-refractivity contribution in [3.63, 3.8) is 0 Å². The zero-order valence-electron chi connectivity index (χ0n) is 16.8. The van der Waals surface area contributed by atoms with Gasteiger partial charge in [0.25, 0.3) is 0 Å². The summed E-state index contributed by atoms with van der Waals surface area (Å²) in [6.45, 7) is 2.09. The van der Waals surface area contributed by atoms with E-state index in [-0.39, 0.29) is 0 Å². The van der Waals surface area contributed by atoms with Crippen LogP contribution in [0.15, 0.2) is 72.9 Å². The summed E-state index contributed by atoms with van der Waals surface area (Å²) >= 11 is 0. The molecule has 0 saturated heterocycles. The molecule has 1 saturated carbocycles. The molecule has 3 aromatic carbocycles. The molecule has 29 heavy (non-hydrogen) atoms. The van der Waals surface area contributed by atoms with E-state index < -0.39 is 6.10 Å². The van der Waals surface area contributed by atoms with Crippen LogP contribution in [0.4, 0.5) is 0 Å². The number of hydrogen-bond acceptors (Lipinski definition) is 2. The van der Waals surface area contributed by atoms with Crippen molar-refractivity contribution >= 4 is 10.9 Å². The van der Waals surface area contributed by atoms with Gasteiger partial charge in [-0.15, -0.1) is 0 Å². The molecular weight excluding hydrogens is 356 g/mol. The van der Waals surface area contributed by atoms with Crippen molar-refractivity contribution in [2.45, 2.75) is 44.6 Å². The van der Waals surface area contributed by atoms with Crippen LogP contribution in [0, 0.1) is 6.92 Å². The van der Waals surface area contributed by atoms with Crippen LogP contribution in [0.25, 0.3) is 16.6 Å². The topological polar surface area (TPSA) is 38.0 Å². The van der Waals surface area contributed by atoms with Crippen molar-refractivity contribution in [3.8, 4) is 5.69 Å². The van der Waals surface area contributed by atoms with Gasteiger partial charge in [0.1, 0.15) is 6.10 Å². The Morgan fingerprint density at radius 1 is 0.966 bits per heavy atom. The second-order valence-electron chi connectivity index (χ2n) is 8.22. The SMILES string of the molecule is Cc1ccc(-n2ncc3cc(C(O)c4ccccc4C4CCCC4)ccc32)cc1. The quantitative estimate of drug-likeness (QED) is 0.465. The van der Waals surface area contributed by atoms with Crippen LogP contribution in [-0.2, 0) is 0 Å². The summed E-state index contributed by atoms with van der Waals surface area (Å²) in [4.78, 5) is 0. The van der Waals surface area contributed by atoms with Crippen LogP contribution in [-0.4, -0.2) is 14.9 Å². The first-order valence-electron chi connectivity index (χ1n) is 10.5. The average molecular weight is 383 g/mol. The van der Waals surface area contributed by atoms with Gasteiger partial charge in [-0.3, -0.25) is 0 Å². The molecule has 0 bridgehead atoms. The molecule has 1 atom stereocenters. The van der Waals surface area contributed by atoms with Crippen molar-refractivity contribution in [2.24, 2.45) is 0 Å². The lowest BCUT2D eigenvalue weighted by Gasteiger charge is -2.20. The standard InChI is InChI=1S/C26H26N2O/c1-18-10-13-22(14-11-18)28-25-15-12-20(16-21(25)17-27-28)26(29)24-9-5-4-8-23(24)19-6-2-3-7-19/h4-5,8-17,19,26,29H,2-3,6-7H2,1H3. The van der Waals surface area contributed by atoms with Crippen LogP contribution >= 0.6 is 0 Å². The molecule has 3 nitrogen and oxygen atoms in total. The Bertz CT molecular complexity index is 1140. The van der Waals surface area contributed by atoms with E-state index in [9.17, 15) is 5.11 Å². The van der Waals surface area contributed by atoms with E-state index in [4.69, 9.17) is 0 Å². The minimum atomic E-state index is -0.612. The van der Waals surface area contributed by atoms with Gasteiger partial charge in [0.05, 0.1) is 17.4 Å². The molecule has 0 spiro atoms. The average Bonchev–Trinajstić information content (AvgIpc) is 3.43. The Balaban J connectivity index is 1.51. The van der Waals surface area contributed by atoms with Crippen molar-refractivity contribution < 1.29 is 5.11 Å². The lowest BCUT2D eigenvalue weighted by atomic mass is 9.88. The summed E-state index contributed by atoms with van der Waals surface area (Å²) in [6.07, 6.45) is 6.31. The van der Waals surface area contributed by atoms with Gasteiger partial charge in [-0.25, -0.2) is 4.68 Å². The van der Waals surface area contributed by atoms with E-state index in [1.165, 1.54) is 36.8 Å². The van der Waals surface area contributed by atoms with Gasteiger partial charge >= 0.3 is 0 Å². The van der Waals surface area contributed by atoms with E-state index in [1.54, 1.807) is 0 Å². The number of benzene rings is 3. The maximum Gasteiger partial charge on any atom is 0.104 e. The van der Waals surface area contributed by atoms with Gasteiger partial charge in [0, 0.05) is 5.39 Å². The van der Waals surface area contributed by atoms with Gasteiger partial charge in [-0.1, -0.05) is 60.9 Å². The number of aromatic nitrogens is 2. The van der Waals surface area contributed by atoms with Crippen molar-refractivity contribution in [1.82, 2.24) is 9.78 Å². The van der Waals surface area contributed by atoms with Crippen LogP contribution < -0.4 is 0 Å². The molecule has 1 heterocycles. The van der Waals surface area contributed by atoms with E-state index >= 15 is 0 Å². The maximum absolute atomic E-state index is 11.2. The molecule has 1 aliphatic carbocycles. The summed E-state index contributed by atoms with van der Waals surface area (Å²) in [7, 11) is 0. The summed E-state index contributed by atoms with van der Waals surface area (Å²) in [5.74, 6) is 0.578. The zero-order valence-corrected chi connectivity index (χ0v) is 16.8. The van der Waals surface area contributed by atoms with Gasteiger partial charge < -0.3 is 5.11 Å². The number of aliphatic hydroxyl groups excluding tert-OH is 1. The van der Waals surface area contributed by atoms with Crippen LogP contribution in [0.3, 0.4) is 0 Å². The molecular formula is C26H26N2O. The molecule has 0 aliphatic heterocycles. The summed E-state index contributed by atoms with van der Waals surface area (Å²) in [5.41, 5.74) is 6.61. The van der Waals surface area contributed by atoms with Gasteiger partial charge in [-0.2, -0.15) is 5.10 Å². The van der Waals surface area contributed by atoms with Crippen LogP contribution in [0.5, 0.6) is 0 Å². The van der Waals surface area contributed by atoms with Gasteiger partial charge in [-0.05, 0) is 66.6 Å². The number of fused-ring (bicyclic) bond motifs is 1. The Hall–Kier alpha value is -2.91. The highest BCUT2D eigenvalue weighted by Crippen LogP contribution is 2.39. The highest BCUT2D eigenvalue weighted by atomic mass is 16.3. The molecule has 0 amide bonds. The number of aliphatic hydroxyl groups is 1. The first-order chi connectivity index (χ1) is 14.2. The first kappa shape index (κ1) is 18.1. The zero-order chi connectivity index (χ0) is 19.8. The lowest BCUT2D eigenvalue weighted by molar-refractivity contribution is 0.218. The maximum atomic E-state index is 11.2. The Morgan fingerprint density at radius 2 is 1.72 bits per heavy atom. The molecule has 4 aromatic rings. The molecule has 1 aromatic heterocycles. The number of rotatable bonds is 4. The molecule has 3 heteroatoms. The number of hydrogen-bond donors (Lipinski definition) is 1. The molecule has 5 rings (SSSR count). The predicted octanol–water partition coefficient (Wildman–Crippen LogP) is 6.07. The normalized spacial score (nSPS) is 15.8.